The Hall–Kier alpha value is -1.32. The van der Waals surface area contributed by atoms with Crippen LogP contribution in [0, 0.1) is 34.5 Å². The molecule has 0 amide bonds. The van der Waals surface area contributed by atoms with Gasteiger partial charge in [-0.05, 0) is 80.1 Å². The Morgan fingerprint density at radius 3 is 2.37 bits per heavy atom. The molecule has 4 rings (SSSR count). The summed E-state index contributed by atoms with van der Waals surface area (Å²) in [6.07, 6.45) is 11.4. The monoisotopic (exact) mass is 374 g/mol. The highest BCUT2D eigenvalue weighted by Gasteiger charge is 2.60. The van der Waals surface area contributed by atoms with E-state index in [0.717, 1.165) is 36.9 Å². The maximum absolute atomic E-state index is 11.6. The number of rotatable bonds is 2. The molecule has 0 unspecified atom stereocenters. The topological polar surface area (TPSA) is 52.6 Å². The molecule has 27 heavy (non-hydrogen) atoms. The van der Waals surface area contributed by atoms with E-state index in [9.17, 15) is 9.59 Å². The molecule has 0 N–H and O–H groups in total. The second-order valence-electron chi connectivity index (χ2n) is 10.0. The number of allylic oxidation sites excluding steroid dienone is 2. The van der Waals surface area contributed by atoms with E-state index < -0.39 is 0 Å². The van der Waals surface area contributed by atoms with Crippen LogP contribution in [0.1, 0.15) is 79.1 Å². The zero-order valence-corrected chi connectivity index (χ0v) is 17.3. The predicted octanol–water partition coefficient (Wildman–Crippen LogP) is 5.02. The maximum Gasteiger partial charge on any atom is 0.307 e. The van der Waals surface area contributed by atoms with Crippen molar-refractivity contribution in [2.75, 3.05) is 0 Å². The molecule has 4 heteroatoms. The second-order valence-corrected chi connectivity index (χ2v) is 10.0. The number of hydrogen-bond donors (Lipinski definition) is 0. The lowest BCUT2D eigenvalue weighted by atomic mass is 9.46. The molecule has 4 nitrogen and oxygen atoms in total. The van der Waals surface area contributed by atoms with Crippen molar-refractivity contribution in [2.24, 2.45) is 34.5 Å². The molecule has 3 fully saturated rings. The summed E-state index contributed by atoms with van der Waals surface area (Å²) in [5.74, 6) is 3.24. The first-order chi connectivity index (χ1) is 12.7. The van der Waals surface area contributed by atoms with Crippen molar-refractivity contribution in [3.05, 3.63) is 11.8 Å². The van der Waals surface area contributed by atoms with Crippen LogP contribution in [0.4, 0.5) is 0 Å². The molecule has 7 atom stereocenters. The van der Waals surface area contributed by atoms with E-state index in [2.05, 4.69) is 19.9 Å². The van der Waals surface area contributed by atoms with Gasteiger partial charge in [-0.15, -0.1) is 0 Å². The quantitative estimate of drug-likeness (QED) is 0.637. The maximum atomic E-state index is 11.6. The summed E-state index contributed by atoms with van der Waals surface area (Å²) in [6, 6.07) is 0. The summed E-state index contributed by atoms with van der Waals surface area (Å²) >= 11 is 0. The number of carbonyl (C=O) groups is 2. The van der Waals surface area contributed by atoms with Gasteiger partial charge in [-0.3, -0.25) is 9.59 Å². The summed E-state index contributed by atoms with van der Waals surface area (Å²) in [4.78, 5) is 22.9. The van der Waals surface area contributed by atoms with Crippen LogP contribution in [0.2, 0.25) is 0 Å². The third kappa shape index (κ3) is 3.03. The minimum absolute atomic E-state index is 0.105. The molecule has 0 heterocycles. The zero-order chi connectivity index (χ0) is 19.4. The summed E-state index contributed by atoms with van der Waals surface area (Å²) in [7, 11) is 0. The fourth-order valence-electron chi connectivity index (χ4n) is 7.45. The van der Waals surface area contributed by atoms with E-state index in [1.54, 1.807) is 6.92 Å². The van der Waals surface area contributed by atoms with Crippen molar-refractivity contribution in [1.29, 1.82) is 0 Å². The van der Waals surface area contributed by atoms with Crippen molar-refractivity contribution in [3.8, 4) is 0 Å². The predicted molar refractivity (Wildman–Crippen MR) is 103 cm³/mol. The third-order valence-corrected chi connectivity index (χ3v) is 8.74. The molecule has 0 spiro atoms. The lowest BCUT2D eigenvalue weighted by Gasteiger charge is -2.59. The van der Waals surface area contributed by atoms with Gasteiger partial charge in [0.25, 0.3) is 0 Å². The van der Waals surface area contributed by atoms with E-state index in [-0.39, 0.29) is 23.5 Å². The van der Waals surface area contributed by atoms with Gasteiger partial charge >= 0.3 is 11.9 Å². The number of ether oxygens (including phenoxy) is 2. The molecule has 0 aromatic carbocycles. The van der Waals surface area contributed by atoms with Crippen LogP contribution < -0.4 is 0 Å². The molecular weight excluding hydrogens is 340 g/mol. The van der Waals surface area contributed by atoms with Gasteiger partial charge in [0.1, 0.15) is 11.9 Å². The molecule has 0 aromatic heterocycles. The normalized spacial score (nSPS) is 45.8. The largest absolute Gasteiger partial charge is 0.462 e. The average Bonchev–Trinajstić information content (AvgIpc) is 2.91. The Kier molecular flexibility index (Phi) is 4.67. The summed E-state index contributed by atoms with van der Waals surface area (Å²) < 4.78 is 11.2. The molecule has 4 aliphatic carbocycles. The van der Waals surface area contributed by atoms with Crippen molar-refractivity contribution in [1.82, 2.24) is 0 Å². The van der Waals surface area contributed by atoms with Crippen LogP contribution in [-0.2, 0) is 19.1 Å². The number of fused-ring (bicyclic) bond motifs is 5. The fraction of sp³-hybridized carbons (Fsp3) is 0.826. The Morgan fingerprint density at radius 2 is 1.67 bits per heavy atom. The summed E-state index contributed by atoms with van der Waals surface area (Å²) in [5, 5.41) is 0. The Morgan fingerprint density at radius 1 is 0.926 bits per heavy atom. The van der Waals surface area contributed by atoms with Crippen molar-refractivity contribution >= 4 is 11.9 Å². The van der Waals surface area contributed by atoms with E-state index in [1.807, 2.05) is 0 Å². The highest BCUT2D eigenvalue weighted by atomic mass is 16.5. The Labute approximate surface area is 163 Å². The zero-order valence-electron chi connectivity index (χ0n) is 17.3. The summed E-state index contributed by atoms with van der Waals surface area (Å²) in [5.41, 5.74) is 0.469. The van der Waals surface area contributed by atoms with Crippen molar-refractivity contribution in [3.63, 3.8) is 0 Å². The van der Waals surface area contributed by atoms with E-state index in [4.69, 9.17) is 9.47 Å². The molecule has 0 bridgehead atoms. The first kappa shape index (κ1) is 19.0. The molecule has 0 aliphatic heterocycles. The van der Waals surface area contributed by atoms with Crippen LogP contribution in [0.5, 0.6) is 0 Å². The molecule has 0 radical (unpaired) electrons. The molecule has 3 saturated carbocycles. The van der Waals surface area contributed by atoms with Gasteiger partial charge in [-0.1, -0.05) is 13.8 Å². The minimum atomic E-state index is -0.200. The van der Waals surface area contributed by atoms with Gasteiger partial charge in [0.15, 0.2) is 0 Å². The summed E-state index contributed by atoms with van der Waals surface area (Å²) in [6.45, 7) is 7.90. The van der Waals surface area contributed by atoms with Crippen LogP contribution in [0.3, 0.4) is 0 Å². The van der Waals surface area contributed by atoms with Crippen LogP contribution >= 0.6 is 0 Å². The van der Waals surface area contributed by atoms with Crippen LogP contribution in [0.15, 0.2) is 11.8 Å². The molecule has 0 saturated heterocycles. The van der Waals surface area contributed by atoms with E-state index >= 15 is 0 Å². The third-order valence-electron chi connectivity index (χ3n) is 8.74. The standard InChI is InChI=1S/C23H34O4/c1-14(24)26-17-9-11-22(3)16(13-17)5-6-18-19-7-8-21(27-15(2)25)23(19,4)12-10-20(18)22/h13,16,18-21H,5-12H2,1-4H3/t16-,18-,19-,20-,21-,22-,23-/m0/s1. The lowest BCUT2D eigenvalue weighted by molar-refractivity contribution is -0.159. The van der Waals surface area contributed by atoms with Gasteiger partial charge in [0.2, 0.25) is 0 Å². The van der Waals surface area contributed by atoms with Gasteiger partial charge in [-0.2, -0.15) is 0 Å². The molecular formula is C23H34O4. The molecule has 0 aromatic rings. The van der Waals surface area contributed by atoms with Gasteiger partial charge in [-0.25, -0.2) is 0 Å². The lowest BCUT2D eigenvalue weighted by Crippen LogP contribution is -2.53. The number of carbonyl (C=O) groups excluding carboxylic acids is 2. The van der Waals surface area contributed by atoms with Gasteiger partial charge in [0, 0.05) is 25.7 Å². The van der Waals surface area contributed by atoms with Crippen LogP contribution in [-0.4, -0.2) is 18.0 Å². The highest BCUT2D eigenvalue weighted by Crippen LogP contribution is 2.66. The van der Waals surface area contributed by atoms with Crippen LogP contribution in [0.25, 0.3) is 0 Å². The Balaban J connectivity index is 1.55. The second kappa shape index (κ2) is 6.63. The van der Waals surface area contributed by atoms with E-state index in [1.165, 1.54) is 39.0 Å². The van der Waals surface area contributed by atoms with Gasteiger partial charge < -0.3 is 9.47 Å². The first-order valence-electron chi connectivity index (χ1n) is 10.8. The average molecular weight is 375 g/mol. The van der Waals surface area contributed by atoms with Crippen molar-refractivity contribution in [2.45, 2.75) is 85.2 Å². The molecule has 4 aliphatic rings. The molecule has 150 valence electrons. The number of esters is 2. The fourth-order valence-corrected chi connectivity index (χ4v) is 7.45. The van der Waals surface area contributed by atoms with Gasteiger partial charge in [0.05, 0.1) is 0 Å². The minimum Gasteiger partial charge on any atom is -0.462 e. The number of hydrogen-bond acceptors (Lipinski definition) is 4. The van der Waals surface area contributed by atoms with Crippen molar-refractivity contribution < 1.29 is 19.1 Å². The Bertz CT molecular complexity index is 667. The SMILES string of the molecule is CC(=O)OC1=C[C@@H]2CC[C@@H]3[C@H](CC[C@]4(C)[C@@H](OC(C)=O)CC[C@@H]34)[C@@]2(C)CC1. The van der Waals surface area contributed by atoms with E-state index in [0.29, 0.717) is 17.3 Å². The highest BCUT2D eigenvalue weighted by molar-refractivity contribution is 5.67. The smallest absolute Gasteiger partial charge is 0.307 e. The first-order valence-corrected chi connectivity index (χ1v) is 10.8.